The zero-order valence-corrected chi connectivity index (χ0v) is 13.3. The van der Waals surface area contributed by atoms with Crippen LogP contribution in [0.5, 0.6) is 0 Å². The monoisotopic (exact) mass is 322 g/mol. The molecule has 1 amide bonds. The molecule has 0 fully saturated rings. The Morgan fingerprint density at radius 3 is 2.67 bits per heavy atom. The summed E-state index contributed by atoms with van der Waals surface area (Å²) in [4.78, 5) is 16.2. The summed E-state index contributed by atoms with van der Waals surface area (Å²) in [6.45, 7) is 2.25. The second-order valence-electron chi connectivity index (χ2n) is 5.37. The molecule has 6 nitrogen and oxygen atoms in total. The van der Waals surface area contributed by atoms with E-state index in [1.807, 2.05) is 37.3 Å². The first kappa shape index (κ1) is 15.9. The standard InChI is InChI=1S/C18H18N4O2/c1-13-4-2-3-5-15(13)16-12-17(22(21-16)10-11-23)20-18(24)14-6-8-19-9-7-14/h2-9,12,23H,10-11H2,1H3,(H,20,24). The van der Waals surface area contributed by atoms with Crippen molar-refractivity contribution in [3.63, 3.8) is 0 Å². The molecule has 0 saturated carbocycles. The number of amides is 1. The summed E-state index contributed by atoms with van der Waals surface area (Å²) < 4.78 is 1.60. The molecule has 0 saturated heterocycles. The first-order valence-electron chi connectivity index (χ1n) is 7.65. The smallest absolute Gasteiger partial charge is 0.256 e. The summed E-state index contributed by atoms with van der Waals surface area (Å²) in [6.07, 6.45) is 3.14. The van der Waals surface area contributed by atoms with Crippen LogP contribution in [0, 0.1) is 6.92 Å². The molecule has 2 heterocycles. The largest absolute Gasteiger partial charge is 0.394 e. The number of benzene rings is 1. The fourth-order valence-corrected chi connectivity index (χ4v) is 2.47. The predicted molar refractivity (Wildman–Crippen MR) is 91.7 cm³/mol. The lowest BCUT2D eigenvalue weighted by atomic mass is 10.1. The second kappa shape index (κ2) is 7.06. The summed E-state index contributed by atoms with van der Waals surface area (Å²) in [5.74, 6) is 0.303. The highest BCUT2D eigenvalue weighted by molar-refractivity contribution is 6.03. The predicted octanol–water partition coefficient (Wildman–Crippen LogP) is 2.50. The fraction of sp³-hybridized carbons (Fsp3) is 0.167. The molecule has 0 atom stereocenters. The molecule has 2 aromatic heterocycles. The van der Waals surface area contributed by atoms with Gasteiger partial charge < -0.3 is 10.4 Å². The number of nitrogens with one attached hydrogen (secondary N) is 1. The van der Waals surface area contributed by atoms with Crippen LogP contribution >= 0.6 is 0 Å². The highest BCUT2D eigenvalue weighted by Gasteiger charge is 2.14. The lowest BCUT2D eigenvalue weighted by molar-refractivity contribution is 0.102. The summed E-state index contributed by atoms with van der Waals surface area (Å²) in [5, 5.41) is 16.6. The number of pyridine rings is 1. The number of aromatic nitrogens is 3. The van der Waals surface area contributed by atoms with Gasteiger partial charge in [0.1, 0.15) is 5.82 Å². The topological polar surface area (TPSA) is 80.0 Å². The van der Waals surface area contributed by atoms with Crippen molar-refractivity contribution in [1.82, 2.24) is 14.8 Å². The van der Waals surface area contributed by atoms with Crippen molar-refractivity contribution in [1.29, 1.82) is 0 Å². The molecule has 122 valence electrons. The molecule has 0 unspecified atom stereocenters. The zero-order chi connectivity index (χ0) is 16.9. The molecular formula is C18H18N4O2. The summed E-state index contributed by atoms with van der Waals surface area (Å²) in [5.41, 5.74) is 3.36. The van der Waals surface area contributed by atoms with Crippen LogP contribution in [0.25, 0.3) is 11.3 Å². The van der Waals surface area contributed by atoms with Gasteiger partial charge in [0.05, 0.1) is 18.8 Å². The van der Waals surface area contributed by atoms with E-state index in [1.54, 1.807) is 29.2 Å². The minimum absolute atomic E-state index is 0.0625. The molecule has 0 bridgehead atoms. The minimum atomic E-state index is -0.243. The zero-order valence-electron chi connectivity index (χ0n) is 13.3. The SMILES string of the molecule is Cc1ccccc1-c1cc(NC(=O)c2ccncc2)n(CCO)n1. The molecule has 0 aliphatic rings. The van der Waals surface area contributed by atoms with E-state index in [0.717, 1.165) is 16.8 Å². The number of aryl methyl sites for hydroxylation is 1. The first-order chi connectivity index (χ1) is 11.7. The Balaban J connectivity index is 1.92. The van der Waals surface area contributed by atoms with Crippen molar-refractivity contribution in [2.75, 3.05) is 11.9 Å². The van der Waals surface area contributed by atoms with Gasteiger partial charge in [0, 0.05) is 29.6 Å². The van der Waals surface area contributed by atoms with Crippen LogP contribution in [-0.2, 0) is 6.54 Å². The minimum Gasteiger partial charge on any atom is -0.394 e. The highest BCUT2D eigenvalue weighted by Crippen LogP contribution is 2.25. The first-order valence-corrected chi connectivity index (χ1v) is 7.65. The van der Waals surface area contributed by atoms with E-state index in [2.05, 4.69) is 15.4 Å². The Hall–Kier alpha value is -2.99. The normalized spacial score (nSPS) is 10.6. The van der Waals surface area contributed by atoms with Crippen molar-refractivity contribution in [2.24, 2.45) is 0 Å². The molecule has 6 heteroatoms. The Morgan fingerprint density at radius 2 is 1.96 bits per heavy atom. The number of hydrogen-bond donors (Lipinski definition) is 2. The molecule has 0 radical (unpaired) electrons. The molecule has 3 rings (SSSR count). The second-order valence-corrected chi connectivity index (χ2v) is 5.37. The maximum atomic E-state index is 12.3. The van der Waals surface area contributed by atoms with Crippen LogP contribution in [0.2, 0.25) is 0 Å². The van der Waals surface area contributed by atoms with Crippen molar-refractivity contribution in [3.8, 4) is 11.3 Å². The van der Waals surface area contributed by atoms with Gasteiger partial charge in [0.2, 0.25) is 0 Å². The van der Waals surface area contributed by atoms with Gasteiger partial charge in [-0.05, 0) is 24.6 Å². The van der Waals surface area contributed by atoms with E-state index in [-0.39, 0.29) is 12.5 Å². The lowest BCUT2D eigenvalue weighted by Gasteiger charge is -2.07. The van der Waals surface area contributed by atoms with Gasteiger partial charge in [-0.2, -0.15) is 5.10 Å². The van der Waals surface area contributed by atoms with Crippen molar-refractivity contribution < 1.29 is 9.90 Å². The molecular weight excluding hydrogens is 304 g/mol. The number of nitrogens with zero attached hydrogens (tertiary/aromatic N) is 3. The Kier molecular flexibility index (Phi) is 4.67. The third kappa shape index (κ3) is 3.33. The third-order valence-corrected chi connectivity index (χ3v) is 3.70. The molecule has 24 heavy (non-hydrogen) atoms. The van der Waals surface area contributed by atoms with Crippen LogP contribution in [0.3, 0.4) is 0 Å². The van der Waals surface area contributed by atoms with Gasteiger partial charge in [-0.3, -0.25) is 9.78 Å². The maximum Gasteiger partial charge on any atom is 0.256 e. The van der Waals surface area contributed by atoms with E-state index < -0.39 is 0 Å². The highest BCUT2D eigenvalue weighted by atomic mass is 16.3. The van der Waals surface area contributed by atoms with E-state index in [0.29, 0.717) is 17.9 Å². The molecule has 3 aromatic rings. The van der Waals surface area contributed by atoms with E-state index in [1.165, 1.54) is 0 Å². The number of anilines is 1. The van der Waals surface area contributed by atoms with Crippen LogP contribution in [0.15, 0.2) is 54.9 Å². The molecule has 1 aromatic carbocycles. The van der Waals surface area contributed by atoms with Gasteiger partial charge in [-0.25, -0.2) is 4.68 Å². The van der Waals surface area contributed by atoms with Crippen LogP contribution in [0.4, 0.5) is 5.82 Å². The summed E-state index contributed by atoms with van der Waals surface area (Å²) >= 11 is 0. The number of aliphatic hydroxyl groups is 1. The third-order valence-electron chi connectivity index (χ3n) is 3.70. The molecule has 0 aliphatic heterocycles. The van der Waals surface area contributed by atoms with Gasteiger partial charge >= 0.3 is 0 Å². The number of rotatable bonds is 5. The van der Waals surface area contributed by atoms with E-state index in [9.17, 15) is 9.90 Å². The van der Waals surface area contributed by atoms with Crippen molar-refractivity contribution >= 4 is 11.7 Å². The van der Waals surface area contributed by atoms with E-state index in [4.69, 9.17) is 0 Å². The number of aliphatic hydroxyl groups excluding tert-OH is 1. The molecule has 0 spiro atoms. The van der Waals surface area contributed by atoms with Crippen LogP contribution in [-0.4, -0.2) is 32.4 Å². The maximum absolute atomic E-state index is 12.3. The van der Waals surface area contributed by atoms with Crippen LogP contribution in [0.1, 0.15) is 15.9 Å². The Morgan fingerprint density at radius 1 is 1.21 bits per heavy atom. The lowest BCUT2D eigenvalue weighted by Crippen LogP contribution is -2.16. The average molecular weight is 322 g/mol. The number of carbonyl (C=O) groups excluding carboxylic acids is 1. The van der Waals surface area contributed by atoms with Crippen molar-refractivity contribution in [3.05, 3.63) is 66.0 Å². The van der Waals surface area contributed by atoms with Crippen molar-refractivity contribution in [2.45, 2.75) is 13.5 Å². The average Bonchev–Trinajstić information content (AvgIpc) is 2.99. The summed E-state index contributed by atoms with van der Waals surface area (Å²) in [7, 11) is 0. The van der Waals surface area contributed by atoms with Gasteiger partial charge in [0.25, 0.3) is 5.91 Å². The molecule has 2 N–H and O–H groups in total. The van der Waals surface area contributed by atoms with E-state index >= 15 is 0 Å². The summed E-state index contributed by atoms with van der Waals surface area (Å²) in [6, 6.07) is 13.0. The Bertz CT molecular complexity index is 843. The number of hydrogen-bond acceptors (Lipinski definition) is 4. The Labute approximate surface area is 139 Å². The van der Waals surface area contributed by atoms with Gasteiger partial charge in [0.15, 0.2) is 0 Å². The quantitative estimate of drug-likeness (QED) is 0.756. The molecule has 0 aliphatic carbocycles. The van der Waals surface area contributed by atoms with Gasteiger partial charge in [-0.15, -0.1) is 0 Å². The van der Waals surface area contributed by atoms with Gasteiger partial charge in [-0.1, -0.05) is 24.3 Å². The number of carbonyl (C=O) groups is 1. The fourth-order valence-electron chi connectivity index (χ4n) is 2.47. The van der Waals surface area contributed by atoms with Crippen LogP contribution < -0.4 is 5.32 Å².